The molecule has 0 spiro atoms. The van der Waals surface area contributed by atoms with Gasteiger partial charge in [-0.25, -0.2) is 0 Å². The third-order valence-corrected chi connectivity index (χ3v) is 4.74. The van der Waals surface area contributed by atoms with E-state index in [0.29, 0.717) is 12.2 Å². The first-order valence-electron chi connectivity index (χ1n) is 7.99. The van der Waals surface area contributed by atoms with Gasteiger partial charge in [-0.1, -0.05) is 48.5 Å². The Morgan fingerprint density at radius 1 is 1.12 bits per heavy atom. The predicted octanol–water partition coefficient (Wildman–Crippen LogP) is 3.58. The fourth-order valence-electron chi connectivity index (χ4n) is 3.02. The van der Waals surface area contributed by atoms with E-state index < -0.39 is 0 Å². The summed E-state index contributed by atoms with van der Waals surface area (Å²) in [5, 5.41) is 4.16. The molecular formula is C19H16N4OS. The Balaban J connectivity index is 1.66. The summed E-state index contributed by atoms with van der Waals surface area (Å²) < 4.78 is 7.88. The van der Waals surface area contributed by atoms with Crippen molar-refractivity contribution in [3.63, 3.8) is 0 Å². The van der Waals surface area contributed by atoms with Gasteiger partial charge in [0.15, 0.2) is 5.69 Å². The van der Waals surface area contributed by atoms with Crippen LogP contribution in [0, 0.1) is 0 Å². The molecule has 4 aromatic rings. The molecule has 0 aliphatic carbocycles. The number of carbonyl (C=O) groups is 1. The van der Waals surface area contributed by atoms with Crippen LogP contribution < -0.4 is 5.32 Å². The first-order valence-corrected chi connectivity index (χ1v) is 8.72. The molecule has 2 aromatic heterocycles. The van der Waals surface area contributed by atoms with Crippen molar-refractivity contribution in [2.75, 3.05) is 6.54 Å². The van der Waals surface area contributed by atoms with Crippen molar-refractivity contribution in [3.05, 3.63) is 83.8 Å². The molecule has 5 nitrogen and oxygen atoms in total. The zero-order valence-electron chi connectivity index (χ0n) is 13.3. The van der Waals surface area contributed by atoms with Crippen molar-refractivity contribution in [3.8, 4) is 0 Å². The van der Waals surface area contributed by atoms with Crippen LogP contribution in [0.15, 0.2) is 67.0 Å². The number of aromatic nitrogens is 3. The van der Waals surface area contributed by atoms with Gasteiger partial charge in [-0.3, -0.25) is 4.79 Å². The number of nitrogens with one attached hydrogen (secondary N) is 2. The van der Waals surface area contributed by atoms with Crippen molar-refractivity contribution in [1.82, 2.24) is 19.0 Å². The molecule has 2 N–H and O–H groups in total. The fraction of sp³-hybridized carbons (Fsp3) is 0.105. The third-order valence-electron chi connectivity index (χ3n) is 4.26. The maximum atomic E-state index is 12.3. The number of benzene rings is 2. The largest absolute Gasteiger partial charge is 0.361 e. The second-order valence-corrected chi connectivity index (χ2v) is 6.31. The monoisotopic (exact) mass is 348 g/mol. The Hall–Kier alpha value is -2.99. The maximum absolute atomic E-state index is 12.3. The van der Waals surface area contributed by atoms with Crippen LogP contribution in [-0.4, -0.2) is 26.2 Å². The molecule has 0 radical (unpaired) electrons. The van der Waals surface area contributed by atoms with Crippen molar-refractivity contribution < 1.29 is 4.79 Å². The van der Waals surface area contributed by atoms with Crippen molar-refractivity contribution in [2.45, 2.75) is 5.92 Å². The first kappa shape index (κ1) is 15.5. The van der Waals surface area contributed by atoms with Crippen LogP contribution in [-0.2, 0) is 0 Å². The van der Waals surface area contributed by atoms with E-state index in [1.165, 1.54) is 17.1 Å². The molecule has 2 aromatic carbocycles. The van der Waals surface area contributed by atoms with Gasteiger partial charge in [-0.05, 0) is 17.2 Å². The molecule has 124 valence electrons. The van der Waals surface area contributed by atoms with E-state index in [-0.39, 0.29) is 11.8 Å². The van der Waals surface area contributed by atoms with Crippen LogP contribution in [0.3, 0.4) is 0 Å². The Morgan fingerprint density at radius 3 is 2.72 bits per heavy atom. The number of hydrogen-bond acceptors (Lipinski definition) is 4. The quantitative estimate of drug-likeness (QED) is 0.579. The van der Waals surface area contributed by atoms with E-state index in [0.717, 1.165) is 22.8 Å². The minimum atomic E-state index is -0.200. The maximum Gasteiger partial charge on any atom is 0.272 e. The van der Waals surface area contributed by atoms with Crippen LogP contribution >= 0.6 is 11.7 Å². The van der Waals surface area contributed by atoms with Crippen LogP contribution in [0.4, 0.5) is 0 Å². The minimum absolute atomic E-state index is 0.0490. The summed E-state index contributed by atoms with van der Waals surface area (Å²) in [5.41, 5.74) is 3.77. The first-order chi connectivity index (χ1) is 12.3. The molecule has 0 bridgehead atoms. The molecule has 0 aliphatic rings. The average molecular weight is 348 g/mol. The number of para-hydroxylation sites is 1. The van der Waals surface area contributed by atoms with E-state index in [4.69, 9.17) is 0 Å². The van der Waals surface area contributed by atoms with E-state index >= 15 is 0 Å². The van der Waals surface area contributed by atoms with Gasteiger partial charge < -0.3 is 10.3 Å². The lowest BCUT2D eigenvalue weighted by atomic mass is 9.91. The van der Waals surface area contributed by atoms with Gasteiger partial charge in [-0.15, -0.1) is 0 Å². The molecule has 0 aliphatic heterocycles. The summed E-state index contributed by atoms with van der Waals surface area (Å²) in [6, 6.07) is 18.4. The molecule has 25 heavy (non-hydrogen) atoms. The highest BCUT2D eigenvalue weighted by atomic mass is 32.1. The number of H-pyrrole nitrogens is 1. The zero-order chi connectivity index (χ0) is 17.1. The Morgan fingerprint density at radius 2 is 1.92 bits per heavy atom. The number of rotatable bonds is 5. The molecule has 0 saturated carbocycles. The molecule has 0 unspecified atom stereocenters. The molecular weight excluding hydrogens is 332 g/mol. The molecule has 6 heteroatoms. The Labute approximate surface area is 149 Å². The summed E-state index contributed by atoms with van der Waals surface area (Å²) in [6.45, 7) is 0.488. The number of aromatic amines is 1. The minimum Gasteiger partial charge on any atom is -0.361 e. The van der Waals surface area contributed by atoms with E-state index in [2.05, 4.69) is 43.3 Å². The van der Waals surface area contributed by atoms with Crippen LogP contribution in [0.5, 0.6) is 0 Å². The van der Waals surface area contributed by atoms with Crippen LogP contribution in [0.1, 0.15) is 27.5 Å². The van der Waals surface area contributed by atoms with E-state index in [1.807, 2.05) is 36.5 Å². The molecule has 1 atom stereocenters. The Bertz CT molecular complexity index is 979. The molecule has 0 fully saturated rings. The molecule has 1 amide bonds. The molecule has 0 saturated heterocycles. The number of fused-ring (bicyclic) bond motifs is 1. The van der Waals surface area contributed by atoms with E-state index in [1.54, 1.807) is 0 Å². The number of amides is 1. The van der Waals surface area contributed by atoms with Crippen molar-refractivity contribution in [2.24, 2.45) is 0 Å². The van der Waals surface area contributed by atoms with Gasteiger partial charge in [0.2, 0.25) is 0 Å². The van der Waals surface area contributed by atoms with Gasteiger partial charge in [0, 0.05) is 29.6 Å². The van der Waals surface area contributed by atoms with E-state index in [9.17, 15) is 4.79 Å². The van der Waals surface area contributed by atoms with Crippen molar-refractivity contribution >= 4 is 28.5 Å². The zero-order valence-corrected chi connectivity index (χ0v) is 14.2. The van der Waals surface area contributed by atoms with Crippen LogP contribution in [0.25, 0.3) is 10.9 Å². The van der Waals surface area contributed by atoms with Gasteiger partial charge >= 0.3 is 0 Å². The van der Waals surface area contributed by atoms with Crippen LogP contribution in [0.2, 0.25) is 0 Å². The highest BCUT2D eigenvalue weighted by Crippen LogP contribution is 2.30. The summed E-state index contributed by atoms with van der Waals surface area (Å²) in [6.07, 6.45) is 3.52. The smallest absolute Gasteiger partial charge is 0.272 e. The Kier molecular flexibility index (Phi) is 4.26. The topological polar surface area (TPSA) is 70.7 Å². The lowest BCUT2D eigenvalue weighted by Gasteiger charge is -2.18. The summed E-state index contributed by atoms with van der Waals surface area (Å²) >= 11 is 1.03. The number of carbonyl (C=O) groups excluding carboxylic acids is 1. The highest BCUT2D eigenvalue weighted by molar-refractivity contribution is 6.99. The summed E-state index contributed by atoms with van der Waals surface area (Å²) in [4.78, 5) is 15.6. The van der Waals surface area contributed by atoms with Gasteiger partial charge in [-0.2, -0.15) is 8.75 Å². The number of nitrogens with zero attached hydrogens (tertiary/aromatic N) is 2. The predicted molar refractivity (Wildman–Crippen MR) is 98.8 cm³/mol. The summed E-state index contributed by atoms with van der Waals surface area (Å²) in [5.74, 6) is -0.151. The molecule has 2 heterocycles. The fourth-order valence-corrected chi connectivity index (χ4v) is 3.44. The third kappa shape index (κ3) is 3.16. The lowest BCUT2D eigenvalue weighted by molar-refractivity contribution is 0.0948. The van der Waals surface area contributed by atoms with Gasteiger partial charge in [0.1, 0.15) is 0 Å². The SMILES string of the molecule is O=C(NC[C@@H](c1ccccc1)c1c[nH]c2ccccc12)c1cnsn1. The normalized spacial score (nSPS) is 12.2. The second-order valence-electron chi connectivity index (χ2n) is 5.76. The standard InChI is InChI=1S/C19H16N4OS/c24-19(18-12-22-25-23-18)21-10-15(13-6-2-1-3-7-13)16-11-20-17-9-5-4-8-14(16)17/h1-9,11-12,15,20H,10H2,(H,21,24)/t15-/m0/s1. The molecule has 4 rings (SSSR count). The average Bonchev–Trinajstić information content (AvgIpc) is 3.33. The van der Waals surface area contributed by atoms with Gasteiger partial charge in [0.25, 0.3) is 5.91 Å². The number of hydrogen-bond donors (Lipinski definition) is 2. The van der Waals surface area contributed by atoms with Crippen molar-refractivity contribution in [1.29, 1.82) is 0 Å². The highest BCUT2D eigenvalue weighted by Gasteiger charge is 2.19. The second kappa shape index (κ2) is 6.86. The van der Waals surface area contributed by atoms with Gasteiger partial charge in [0.05, 0.1) is 17.9 Å². The lowest BCUT2D eigenvalue weighted by Crippen LogP contribution is -2.29. The summed E-state index contributed by atoms with van der Waals surface area (Å²) in [7, 11) is 0.